The highest BCUT2D eigenvalue weighted by Gasteiger charge is 2.22. The summed E-state index contributed by atoms with van der Waals surface area (Å²) in [6.45, 7) is 7.55. The van der Waals surface area contributed by atoms with E-state index in [-0.39, 0.29) is 17.2 Å². The van der Waals surface area contributed by atoms with Crippen molar-refractivity contribution in [3.8, 4) is 0 Å². The van der Waals surface area contributed by atoms with Crippen molar-refractivity contribution < 1.29 is 32.1 Å². The van der Waals surface area contributed by atoms with E-state index < -0.39 is 39.1 Å². The minimum absolute atomic E-state index is 0.0756. The zero-order chi connectivity index (χ0) is 24.9. The lowest BCUT2D eigenvalue weighted by Gasteiger charge is -2.04. The lowest BCUT2D eigenvalue weighted by atomic mass is 10.2. The van der Waals surface area contributed by atoms with E-state index in [2.05, 4.69) is 22.0 Å². The molecular formula is C21H22N4O7S2. The van der Waals surface area contributed by atoms with Crippen molar-refractivity contribution in [1.82, 2.24) is 9.72 Å². The third-order valence-corrected chi connectivity index (χ3v) is 6.75. The number of thiazole rings is 1. The van der Waals surface area contributed by atoms with Crippen LogP contribution in [0.3, 0.4) is 0 Å². The van der Waals surface area contributed by atoms with Gasteiger partial charge < -0.3 is 19.1 Å². The predicted octanol–water partition coefficient (Wildman–Crippen LogP) is 1.84. The zero-order valence-electron chi connectivity index (χ0n) is 18.4. The summed E-state index contributed by atoms with van der Waals surface area (Å²) in [5.74, 6) is -3.61. The lowest BCUT2D eigenvalue weighted by molar-refractivity contribution is -0.115. The van der Waals surface area contributed by atoms with Gasteiger partial charge in [0, 0.05) is 12.6 Å². The van der Waals surface area contributed by atoms with E-state index in [0.717, 1.165) is 11.3 Å². The van der Waals surface area contributed by atoms with Crippen molar-refractivity contribution in [2.45, 2.75) is 20.4 Å². The molecule has 0 aliphatic heterocycles. The molecule has 180 valence electrons. The number of carbonyl (C=O) groups is 3. The van der Waals surface area contributed by atoms with Crippen molar-refractivity contribution in [3.63, 3.8) is 0 Å². The van der Waals surface area contributed by atoms with Crippen LogP contribution in [-0.4, -0.2) is 54.0 Å². The summed E-state index contributed by atoms with van der Waals surface area (Å²) in [6.07, 6.45) is 1.60. The Morgan fingerprint density at radius 3 is 2.71 bits per heavy atom. The van der Waals surface area contributed by atoms with E-state index >= 15 is 0 Å². The second-order valence-corrected chi connectivity index (χ2v) is 10.2. The Bertz CT molecular complexity index is 1430. The Morgan fingerprint density at radius 2 is 2.06 bits per heavy atom. The number of hydrogen-bond donors (Lipinski definition) is 1. The van der Waals surface area contributed by atoms with Crippen LogP contribution in [0.1, 0.15) is 23.0 Å². The molecule has 11 nitrogen and oxygen atoms in total. The first-order valence-corrected chi connectivity index (χ1v) is 12.7. The molecule has 34 heavy (non-hydrogen) atoms. The molecule has 0 bridgehead atoms. The number of esters is 1. The van der Waals surface area contributed by atoms with Gasteiger partial charge >= 0.3 is 5.97 Å². The van der Waals surface area contributed by atoms with Crippen LogP contribution in [0.5, 0.6) is 0 Å². The Morgan fingerprint density at radius 1 is 1.29 bits per heavy atom. The molecule has 0 unspecified atom stereocenters. The summed E-state index contributed by atoms with van der Waals surface area (Å²) in [6, 6.07) is 6.33. The van der Waals surface area contributed by atoms with Gasteiger partial charge in [-0.25, -0.2) is 13.2 Å². The lowest BCUT2D eigenvalue weighted by Crippen LogP contribution is -2.28. The summed E-state index contributed by atoms with van der Waals surface area (Å²) in [5.41, 5.74) is 1.03. The first kappa shape index (κ1) is 25.1. The number of aromatic nitrogens is 2. The van der Waals surface area contributed by atoms with E-state index in [1.807, 2.05) is 0 Å². The molecule has 2 amide bonds. The van der Waals surface area contributed by atoms with Crippen LogP contribution >= 0.6 is 11.3 Å². The van der Waals surface area contributed by atoms with E-state index in [9.17, 15) is 22.8 Å². The molecule has 0 saturated carbocycles. The van der Waals surface area contributed by atoms with Crippen molar-refractivity contribution in [2.24, 2.45) is 4.99 Å². The average Bonchev–Trinajstić information content (AvgIpc) is 3.29. The molecule has 0 atom stereocenters. The van der Waals surface area contributed by atoms with E-state index in [0.29, 0.717) is 28.1 Å². The van der Waals surface area contributed by atoms with Gasteiger partial charge in [-0.05, 0) is 32.0 Å². The number of benzene rings is 1. The summed E-state index contributed by atoms with van der Waals surface area (Å²) < 4.78 is 36.8. The fourth-order valence-electron chi connectivity index (χ4n) is 2.99. The number of nitrogens with zero attached hydrogens (tertiary/aromatic N) is 3. The molecule has 2 heterocycles. The maximum absolute atomic E-state index is 12.5. The van der Waals surface area contributed by atoms with Crippen molar-refractivity contribution in [2.75, 3.05) is 23.4 Å². The smallest absolute Gasteiger partial charge is 0.338 e. The van der Waals surface area contributed by atoms with Gasteiger partial charge in [0.05, 0.1) is 22.4 Å². The third kappa shape index (κ3) is 6.26. The zero-order valence-corrected chi connectivity index (χ0v) is 20.1. The molecule has 0 radical (unpaired) electrons. The number of aryl methyl sites for hydroxylation is 1. The molecule has 1 N–H and O–H groups in total. The summed E-state index contributed by atoms with van der Waals surface area (Å²) >= 11 is 1.11. The highest BCUT2D eigenvalue weighted by atomic mass is 32.2. The Kier molecular flexibility index (Phi) is 7.79. The largest absolute Gasteiger partial charge is 0.462 e. The summed E-state index contributed by atoms with van der Waals surface area (Å²) in [7, 11) is -4.09. The summed E-state index contributed by atoms with van der Waals surface area (Å²) in [5, 5.41) is 5.85. The number of sulfone groups is 1. The maximum atomic E-state index is 12.5. The van der Waals surface area contributed by atoms with E-state index in [1.165, 1.54) is 6.07 Å². The van der Waals surface area contributed by atoms with E-state index in [1.54, 1.807) is 42.7 Å². The number of carbonyl (C=O) groups excluding carboxylic acids is 3. The Balaban J connectivity index is 1.81. The SMILES string of the molecule is C=CCn1c(=NC(=O)CS(=O)(=O)CC(=O)Nc2cc(C)on2)sc2cc(C(=O)OCC)ccc21. The second-order valence-electron chi connectivity index (χ2n) is 7.10. The van der Waals surface area contributed by atoms with Gasteiger partial charge in [0.25, 0.3) is 5.91 Å². The Labute approximate surface area is 198 Å². The summed E-state index contributed by atoms with van der Waals surface area (Å²) in [4.78, 5) is 40.7. The molecule has 3 aromatic rings. The van der Waals surface area contributed by atoms with Crippen molar-refractivity contribution in [1.29, 1.82) is 0 Å². The van der Waals surface area contributed by atoms with Crippen LogP contribution in [0, 0.1) is 6.92 Å². The van der Waals surface area contributed by atoms with Gasteiger partial charge in [0.1, 0.15) is 17.3 Å². The number of rotatable bonds is 9. The molecule has 13 heteroatoms. The van der Waals surface area contributed by atoms with Gasteiger partial charge in [0.15, 0.2) is 20.5 Å². The van der Waals surface area contributed by atoms with Crippen LogP contribution in [0.2, 0.25) is 0 Å². The molecule has 0 fully saturated rings. The molecule has 1 aromatic carbocycles. The first-order chi connectivity index (χ1) is 16.1. The number of anilines is 1. The minimum atomic E-state index is -4.09. The number of amides is 2. The molecule has 0 saturated heterocycles. The number of hydrogen-bond acceptors (Lipinski definition) is 9. The van der Waals surface area contributed by atoms with Crippen LogP contribution < -0.4 is 10.1 Å². The fourth-order valence-corrected chi connectivity index (χ4v) is 5.10. The monoisotopic (exact) mass is 506 g/mol. The van der Waals surface area contributed by atoms with Crippen LogP contribution in [-0.2, 0) is 30.7 Å². The van der Waals surface area contributed by atoms with Gasteiger partial charge in [-0.15, -0.1) is 6.58 Å². The van der Waals surface area contributed by atoms with Gasteiger partial charge in [-0.1, -0.05) is 22.6 Å². The van der Waals surface area contributed by atoms with Gasteiger partial charge in [0.2, 0.25) is 5.91 Å². The number of fused-ring (bicyclic) bond motifs is 1. The third-order valence-electron chi connectivity index (χ3n) is 4.32. The highest BCUT2D eigenvalue weighted by molar-refractivity contribution is 7.92. The number of nitrogens with one attached hydrogen (secondary N) is 1. The molecule has 2 aromatic heterocycles. The average molecular weight is 507 g/mol. The molecule has 0 aliphatic carbocycles. The highest BCUT2D eigenvalue weighted by Crippen LogP contribution is 2.20. The standard InChI is InChI=1S/C21H22N4O7S2/c1-4-8-25-15-7-6-14(20(28)31-5-2)10-16(15)33-21(25)23-19(27)12-34(29,30)11-18(26)22-17-9-13(3)32-24-17/h4,6-7,9-10H,1,5,8,11-12H2,2-3H3,(H,22,24,26). The van der Waals surface area contributed by atoms with Crippen LogP contribution in [0.15, 0.2) is 46.4 Å². The minimum Gasteiger partial charge on any atom is -0.462 e. The van der Waals surface area contributed by atoms with Crippen molar-refractivity contribution >= 4 is 55.0 Å². The fraction of sp³-hybridized carbons (Fsp3) is 0.286. The van der Waals surface area contributed by atoms with Crippen LogP contribution in [0.4, 0.5) is 5.82 Å². The second kappa shape index (κ2) is 10.6. The number of allylic oxidation sites excluding steroid dienone is 1. The Hall–Kier alpha value is -3.58. The normalized spacial score (nSPS) is 12.0. The number of ether oxygens (including phenoxy) is 1. The van der Waals surface area contributed by atoms with E-state index in [4.69, 9.17) is 9.26 Å². The molecule has 3 rings (SSSR count). The maximum Gasteiger partial charge on any atom is 0.338 e. The first-order valence-electron chi connectivity index (χ1n) is 10.0. The molecule has 0 spiro atoms. The topological polar surface area (TPSA) is 150 Å². The van der Waals surface area contributed by atoms with Gasteiger partial charge in [-0.2, -0.15) is 4.99 Å². The van der Waals surface area contributed by atoms with Crippen LogP contribution in [0.25, 0.3) is 10.2 Å². The quantitative estimate of drug-likeness (QED) is 0.341. The predicted molar refractivity (Wildman–Crippen MR) is 125 cm³/mol. The molecule has 0 aliphatic rings. The van der Waals surface area contributed by atoms with Crippen molar-refractivity contribution in [3.05, 3.63) is 53.0 Å². The molecular weight excluding hydrogens is 484 g/mol. The van der Waals surface area contributed by atoms with Gasteiger partial charge in [-0.3, -0.25) is 9.59 Å².